The van der Waals surface area contributed by atoms with Gasteiger partial charge in [-0.25, -0.2) is 17.9 Å². The highest BCUT2D eigenvalue weighted by atomic mass is 32.2. The molecule has 196 valence electrons. The molecule has 0 unspecified atom stereocenters. The molecular formula is C25H35N5O5S. The van der Waals surface area contributed by atoms with Gasteiger partial charge in [0.05, 0.1) is 22.7 Å². The minimum absolute atomic E-state index is 0.108. The second-order valence-corrected chi connectivity index (χ2v) is 10.9. The third-order valence-electron chi connectivity index (χ3n) is 6.59. The molecule has 2 N–H and O–H groups in total. The molecule has 2 aromatic heterocycles. The van der Waals surface area contributed by atoms with E-state index in [1.165, 1.54) is 19.5 Å². The summed E-state index contributed by atoms with van der Waals surface area (Å²) in [5, 5.41) is 0. The summed E-state index contributed by atoms with van der Waals surface area (Å²) in [4.78, 5) is 31.0. The number of ether oxygens (including phenoxy) is 1. The van der Waals surface area contributed by atoms with Gasteiger partial charge < -0.3 is 14.6 Å². The third-order valence-corrected chi connectivity index (χ3v) is 8.05. The van der Waals surface area contributed by atoms with Crippen molar-refractivity contribution >= 4 is 21.1 Å². The Bertz CT molecular complexity index is 1450. The van der Waals surface area contributed by atoms with E-state index in [2.05, 4.69) is 14.6 Å². The molecule has 0 bridgehead atoms. The van der Waals surface area contributed by atoms with Gasteiger partial charge in [-0.05, 0) is 63.5 Å². The number of nitrogens with one attached hydrogen (secondary N) is 2. The predicted octanol–water partition coefficient (Wildman–Crippen LogP) is 2.27. The van der Waals surface area contributed by atoms with Gasteiger partial charge in [-0.2, -0.15) is 0 Å². The molecule has 10 nitrogen and oxygen atoms in total. The zero-order valence-corrected chi connectivity index (χ0v) is 22.0. The molecule has 0 aliphatic carbocycles. The van der Waals surface area contributed by atoms with E-state index in [9.17, 15) is 18.0 Å². The Morgan fingerprint density at radius 1 is 1.06 bits per heavy atom. The van der Waals surface area contributed by atoms with Gasteiger partial charge in [-0.3, -0.25) is 13.9 Å². The number of hydrogen-bond acceptors (Lipinski definition) is 6. The van der Waals surface area contributed by atoms with Gasteiger partial charge in [0.2, 0.25) is 10.0 Å². The van der Waals surface area contributed by atoms with Crippen LogP contribution in [0.3, 0.4) is 0 Å². The van der Waals surface area contributed by atoms with Gasteiger partial charge in [-0.1, -0.05) is 13.3 Å². The molecular weight excluding hydrogens is 482 g/mol. The first-order valence-corrected chi connectivity index (χ1v) is 14.1. The lowest BCUT2D eigenvalue weighted by atomic mass is 10.1. The fourth-order valence-corrected chi connectivity index (χ4v) is 5.76. The Labute approximate surface area is 210 Å². The molecule has 0 spiro atoms. The molecule has 36 heavy (non-hydrogen) atoms. The van der Waals surface area contributed by atoms with Crippen molar-refractivity contribution in [3.05, 3.63) is 45.1 Å². The number of benzene rings is 1. The van der Waals surface area contributed by atoms with Crippen LogP contribution in [0.25, 0.3) is 22.3 Å². The van der Waals surface area contributed by atoms with Crippen LogP contribution in [0.5, 0.6) is 5.75 Å². The summed E-state index contributed by atoms with van der Waals surface area (Å²) in [7, 11) is -2.31. The Hall–Kier alpha value is -2.89. The third kappa shape index (κ3) is 5.28. The van der Waals surface area contributed by atoms with Crippen LogP contribution in [0.1, 0.15) is 39.5 Å². The molecule has 1 aliphatic heterocycles. The average Bonchev–Trinajstić information content (AvgIpc) is 3.31. The zero-order valence-electron chi connectivity index (χ0n) is 21.2. The van der Waals surface area contributed by atoms with Crippen molar-refractivity contribution in [3.63, 3.8) is 0 Å². The lowest BCUT2D eigenvalue weighted by molar-refractivity contribution is 0.233. The first-order chi connectivity index (χ1) is 17.3. The van der Waals surface area contributed by atoms with Crippen molar-refractivity contribution in [1.29, 1.82) is 0 Å². The van der Waals surface area contributed by atoms with Crippen LogP contribution in [-0.4, -0.2) is 60.2 Å². The van der Waals surface area contributed by atoms with Gasteiger partial charge in [0.1, 0.15) is 11.3 Å². The minimum Gasteiger partial charge on any atom is -0.493 e. The van der Waals surface area contributed by atoms with E-state index in [1.54, 1.807) is 22.8 Å². The second-order valence-electron chi connectivity index (χ2n) is 9.13. The van der Waals surface area contributed by atoms with Crippen LogP contribution in [0.15, 0.2) is 38.8 Å². The Morgan fingerprint density at radius 2 is 1.81 bits per heavy atom. The molecule has 1 fully saturated rings. The lowest BCUT2D eigenvalue weighted by Crippen LogP contribution is -2.38. The van der Waals surface area contributed by atoms with Crippen molar-refractivity contribution in [3.8, 4) is 17.0 Å². The summed E-state index contributed by atoms with van der Waals surface area (Å²) in [5.74, 6) is 0.484. The van der Waals surface area contributed by atoms with Gasteiger partial charge in [0.25, 0.3) is 5.56 Å². The lowest BCUT2D eigenvalue weighted by Gasteiger charge is -2.26. The highest BCUT2D eigenvalue weighted by molar-refractivity contribution is 7.89. The number of aryl methyl sites for hydroxylation is 1. The molecule has 1 aromatic carbocycles. The van der Waals surface area contributed by atoms with Gasteiger partial charge in [0.15, 0.2) is 0 Å². The van der Waals surface area contributed by atoms with E-state index < -0.39 is 15.6 Å². The SMILES string of the molecule is CCCn1c(=O)n(C)c(=O)c2[nH]c(-c3cc(S(=O)(=O)NCCN4CCCCC4)ccc3OCC)cc21. The number of hydrogen-bond donors (Lipinski definition) is 2. The fourth-order valence-electron chi connectivity index (χ4n) is 4.72. The molecule has 1 aliphatic rings. The van der Waals surface area contributed by atoms with Crippen molar-refractivity contribution in [1.82, 2.24) is 23.7 Å². The smallest absolute Gasteiger partial charge is 0.331 e. The van der Waals surface area contributed by atoms with Crippen LogP contribution in [0.4, 0.5) is 0 Å². The quantitative estimate of drug-likeness (QED) is 0.426. The summed E-state index contributed by atoms with van der Waals surface area (Å²) in [6.07, 6.45) is 4.24. The monoisotopic (exact) mass is 517 g/mol. The Kier molecular flexibility index (Phi) is 8.01. The number of likely N-dealkylation sites (tertiary alicyclic amines) is 1. The topological polar surface area (TPSA) is 118 Å². The van der Waals surface area contributed by atoms with Crippen molar-refractivity contribution in [2.75, 3.05) is 32.8 Å². The second kappa shape index (κ2) is 11.0. The molecule has 1 saturated heterocycles. The van der Waals surface area contributed by atoms with E-state index in [1.807, 2.05) is 13.8 Å². The maximum absolute atomic E-state index is 13.1. The predicted molar refractivity (Wildman–Crippen MR) is 140 cm³/mol. The number of nitrogens with zero attached hydrogens (tertiary/aromatic N) is 3. The van der Waals surface area contributed by atoms with Gasteiger partial charge in [0, 0.05) is 32.2 Å². The van der Waals surface area contributed by atoms with Crippen molar-refractivity contribution in [2.45, 2.75) is 51.0 Å². The van der Waals surface area contributed by atoms with Crippen molar-refractivity contribution in [2.24, 2.45) is 7.05 Å². The number of fused-ring (bicyclic) bond motifs is 1. The molecule has 3 aromatic rings. The molecule has 11 heteroatoms. The number of H-pyrrole nitrogens is 1. The summed E-state index contributed by atoms with van der Waals surface area (Å²) >= 11 is 0. The first-order valence-electron chi connectivity index (χ1n) is 12.6. The summed E-state index contributed by atoms with van der Waals surface area (Å²) in [6.45, 7) is 7.63. The fraction of sp³-hybridized carbons (Fsp3) is 0.520. The van der Waals surface area contributed by atoms with E-state index in [0.29, 0.717) is 48.8 Å². The van der Waals surface area contributed by atoms with E-state index in [4.69, 9.17) is 4.74 Å². The maximum Gasteiger partial charge on any atom is 0.331 e. The molecule has 3 heterocycles. The number of aromatic amines is 1. The average molecular weight is 518 g/mol. The normalized spacial score (nSPS) is 15.0. The zero-order chi connectivity index (χ0) is 25.9. The highest BCUT2D eigenvalue weighted by Crippen LogP contribution is 2.33. The largest absolute Gasteiger partial charge is 0.493 e. The van der Waals surface area contributed by atoms with Crippen molar-refractivity contribution < 1.29 is 13.2 Å². The van der Waals surface area contributed by atoms with E-state index >= 15 is 0 Å². The summed E-state index contributed by atoms with van der Waals surface area (Å²) in [6, 6.07) is 6.41. The van der Waals surface area contributed by atoms with Crippen LogP contribution in [0, 0.1) is 0 Å². The number of rotatable bonds is 10. The number of aromatic nitrogens is 3. The van der Waals surface area contributed by atoms with Crippen LogP contribution < -0.4 is 20.7 Å². The molecule has 0 amide bonds. The first kappa shape index (κ1) is 26.2. The maximum atomic E-state index is 13.1. The highest BCUT2D eigenvalue weighted by Gasteiger charge is 2.21. The summed E-state index contributed by atoms with van der Waals surface area (Å²) in [5.41, 5.74) is 0.955. The molecule has 4 rings (SSSR count). The number of sulfonamides is 1. The van der Waals surface area contributed by atoms with E-state index in [-0.39, 0.29) is 16.1 Å². The molecule has 0 radical (unpaired) electrons. The van der Waals surface area contributed by atoms with E-state index in [0.717, 1.165) is 36.9 Å². The van der Waals surface area contributed by atoms with Gasteiger partial charge >= 0.3 is 5.69 Å². The standard InChI is InChI=1S/C25H35N5O5S/c1-4-12-30-21-17-20(27-23(21)24(31)28(3)25(30)32)19-16-18(9-10-22(19)35-5-2)36(33,34)26-11-15-29-13-7-6-8-14-29/h9-10,16-17,26-27H,4-8,11-15H2,1-3H3. The van der Waals surface area contributed by atoms with Gasteiger partial charge in [-0.15, -0.1) is 0 Å². The Balaban J connectivity index is 1.71. The van der Waals surface area contributed by atoms with Crippen LogP contribution in [-0.2, 0) is 23.6 Å². The summed E-state index contributed by atoms with van der Waals surface area (Å²) < 4.78 is 37.3. The van der Waals surface area contributed by atoms with Crippen LogP contribution in [0.2, 0.25) is 0 Å². The minimum atomic E-state index is -3.76. The number of piperidine rings is 1. The molecule has 0 atom stereocenters. The Morgan fingerprint density at radius 3 is 2.50 bits per heavy atom. The van der Waals surface area contributed by atoms with Crippen LogP contribution >= 0.6 is 0 Å². The molecule has 0 saturated carbocycles.